The molecule has 4 rings (SSSR count). The average molecular weight is 363 g/mol. The average Bonchev–Trinajstić information content (AvgIpc) is 3.42. The van der Waals surface area contributed by atoms with E-state index in [1.807, 2.05) is 42.0 Å². The number of carbonyl (C=O) groups excluding carboxylic acids is 1. The molecule has 0 fully saturated rings. The number of nitrogens with zero attached hydrogens (tertiary/aromatic N) is 4. The number of anilines is 1. The van der Waals surface area contributed by atoms with Gasteiger partial charge in [0.05, 0.1) is 18.2 Å². The number of aromatic nitrogens is 4. The fraction of sp³-hybridized carbons (Fsp3) is 0.158. The van der Waals surface area contributed by atoms with E-state index >= 15 is 0 Å². The van der Waals surface area contributed by atoms with Crippen molar-refractivity contribution in [2.45, 2.75) is 19.8 Å². The van der Waals surface area contributed by atoms with Crippen molar-refractivity contribution < 1.29 is 13.6 Å². The van der Waals surface area contributed by atoms with Crippen molar-refractivity contribution in [3.8, 4) is 17.1 Å². The molecule has 8 nitrogen and oxygen atoms in total. The maximum Gasteiger partial charge on any atom is 0.251 e. The van der Waals surface area contributed by atoms with Crippen LogP contribution in [0.1, 0.15) is 18.1 Å². The summed E-state index contributed by atoms with van der Waals surface area (Å²) in [5.74, 6) is 1.40. The molecule has 0 aliphatic heterocycles. The van der Waals surface area contributed by atoms with E-state index in [0.29, 0.717) is 24.0 Å². The molecule has 1 amide bonds. The minimum atomic E-state index is -0.121. The molecule has 1 aromatic carbocycles. The lowest BCUT2D eigenvalue weighted by Crippen LogP contribution is -2.12. The molecule has 8 heteroatoms. The van der Waals surface area contributed by atoms with Crippen molar-refractivity contribution in [1.29, 1.82) is 0 Å². The van der Waals surface area contributed by atoms with Crippen molar-refractivity contribution in [3.63, 3.8) is 0 Å². The summed E-state index contributed by atoms with van der Waals surface area (Å²) in [4.78, 5) is 16.2. The molecule has 0 saturated carbocycles. The highest BCUT2D eigenvalue weighted by Crippen LogP contribution is 2.23. The normalized spacial score (nSPS) is 10.9. The smallest absolute Gasteiger partial charge is 0.251 e. The van der Waals surface area contributed by atoms with E-state index in [1.54, 1.807) is 24.9 Å². The van der Waals surface area contributed by atoms with Crippen molar-refractivity contribution in [2.75, 3.05) is 5.32 Å². The standard InChI is InChI=1S/C19H17N5O3/c1-13-16(8-11-26-13)19-23-22-18(27-19)7-6-17(25)21-14-2-4-15(5-3-14)24-10-9-20-12-24/h2-5,8-12H,6-7H2,1H3,(H,21,25). The zero-order valence-electron chi connectivity index (χ0n) is 14.6. The number of benzene rings is 1. The largest absolute Gasteiger partial charge is 0.469 e. The number of hydrogen-bond acceptors (Lipinski definition) is 6. The Hall–Kier alpha value is -3.68. The monoisotopic (exact) mass is 363 g/mol. The zero-order chi connectivity index (χ0) is 18.6. The van der Waals surface area contributed by atoms with Gasteiger partial charge in [0, 0.05) is 36.6 Å². The molecule has 0 aliphatic rings. The number of hydrogen-bond donors (Lipinski definition) is 1. The van der Waals surface area contributed by atoms with Crippen LogP contribution in [0.15, 0.2) is 64.2 Å². The van der Waals surface area contributed by atoms with Crippen LogP contribution in [0.5, 0.6) is 0 Å². The number of carbonyl (C=O) groups is 1. The van der Waals surface area contributed by atoms with Crippen LogP contribution in [-0.2, 0) is 11.2 Å². The lowest BCUT2D eigenvalue weighted by Gasteiger charge is -2.06. The first-order valence-electron chi connectivity index (χ1n) is 8.44. The SMILES string of the molecule is Cc1occc1-c1nnc(CCC(=O)Nc2ccc(-n3ccnc3)cc2)o1. The van der Waals surface area contributed by atoms with Crippen LogP contribution in [0.3, 0.4) is 0 Å². The highest BCUT2D eigenvalue weighted by atomic mass is 16.4. The van der Waals surface area contributed by atoms with Gasteiger partial charge < -0.3 is 18.7 Å². The summed E-state index contributed by atoms with van der Waals surface area (Å²) in [6, 6.07) is 9.29. The van der Waals surface area contributed by atoms with E-state index in [4.69, 9.17) is 8.83 Å². The van der Waals surface area contributed by atoms with Crippen LogP contribution in [0.2, 0.25) is 0 Å². The van der Waals surface area contributed by atoms with Gasteiger partial charge in [0.1, 0.15) is 5.76 Å². The molecule has 0 unspecified atom stereocenters. The number of nitrogens with one attached hydrogen (secondary N) is 1. The Bertz CT molecular complexity index is 1030. The van der Waals surface area contributed by atoms with Gasteiger partial charge in [0.2, 0.25) is 11.8 Å². The Labute approximate surface area is 154 Å². The molecule has 136 valence electrons. The van der Waals surface area contributed by atoms with E-state index in [1.165, 1.54) is 0 Å². The predicted molar refractivity (Wildman–Crippen MR) is 97.3 cm³/mol. The first kappa shape index (κ1) is 16.8. The summed E-state index contributed by atoms with van der Waals surface area (Å²) in [6.45, 7) is 1.82. The second kappa shape index (κ2) is 7.28. The zero-order valence-corrected chi connectivity index (χ0v) is 14.6. The molecule has 0 radical (unpaired) electrons. The second-order valence-corrected chi connectivity index (χ2v) is 5.96. The molecule has 0 aliphatic carbocycles. The van der Waals surface area contributed by atoms with Gasteiger partial charge in [-0.2, -0.15) is 0 Å². The molecule has 0 atom stereocenters. The third-order valence-corrected chi connectivity index (χ3v) is 4.08. The van der Waals surface area contributed by atoms with Crippen molar-refractivity contribution in [3.05, 3.63) is 67.0 Å². The minimum Gasteiger partial charge on any atom is -0.469 e. The van der Waals surface area contributed by atoms with Gasteiger partial charge in [-0.3, -0.25) is 4.79 Å². The number of imidazole rings is 1. The van der Waals surface area contributed by atoms with Gasteiger partial charge in [-0.05, 0) is 37.3 Å². The van der Waals surface area contributed by atoms with Crippen LogP contribution in [0.25, 0.3) is 17.1 Å². The van der Waals surface area contributed by atoms with E-state index in [9.17, 15) is 4.79 Å². The Morgan fingerprint density at radius 2 is 2.04 bits per heavy atom. The van der Waals surface area contributed by atoms with Crippen molar-refractivity contribution in [2.24, 2.45) is 0 Å². The molecule has 0 saturated heterocycles. The van der Waals surface area contributed by atoms with Gasteiger partial charge in [-0.1, -0.05) is 0 Å². The van der Waals surface area contributed by atoms with Crippen LogP contribution in [0.4, 0.5) is 5.69 Å². The molecule has 3 aromatic heterocycles. The molecule has 0 bridgehead atoms. The maximum atomic E-state index is 12.2. The maximum absolute atomic E-state index is 12.2. The topological polar surface area (TPSA) is 99.0 Å². The van der Waals surface area contributed by atoms with Crippen LogP contribution < -0.4 is 5.32 Å². The van der Waals surface area contributed by atoms with E-state index in [-0.39, 0.29) is 12.3 Å². The molecular weight excluding hydrogens is 346 g/mol. The van der Waals surface area contributed by atoms with Crippen molar-refractivity contribution in [1.82, 2.24) is 19.7 Å². The first-order valence-corrected chi connectivity index (χ1v) is 8.44. The van der Waals surface area contributed by atoms with E-state index < -0.39 is 0 Å². The molecule has 0 spiro atoms. The van der Waals surface area contributed by atoms with Crippen LogP contribution >= 0.6 is 0 Å². The molecule has 1 N–H and O–H groups in total. The summed E-state index contributed by atoms with van der Waals surface area (Å²) in [5.41, 5.74) is 2.46. The lowest BCUT2D eigenvalue weighted by molar-refractivity contribution is -0.116. The Morgan fingerprint density at radius 3 is 2.74 bits per heavy atom. The highest BCUT2D eigenvalue weighted by molar-refractivity contribution is 5.90. The van der Waals surface area contributed by atoms with E-state index in [0.717, 1.165) is 16.9 Å². The van der Waals surface area contributed by atoms with Gasteiger partial charge >= 0.3 is 0 Å². The highest BCUT2D eigenvalue weighted by Gasteiger charge is 2.14. The van der Waals surface area contributed by atoms with Gasteiger partial charge in [0.25, 0.3) is 5.89 Å². The second-order valence-electron chi connectivity index (χ2n) is 5.96. The summed E-state index contributed by atoms with van der Waals surface area (Å²) < 4.78 is 12.7. The third-order valence-electron chi connectivity index (χ3n) is 4.08. The number of furan rings is 1. The minimum absolute atomic E-state index is 0.121. The first-order chi connectivity index (χ1) is 13.2. The summed E-state index contributed by atoms with van der Waals surface area (Å²) in [5, 5.41) is 10.8. The Morgan fingerprint density at radius 1 is 1.19 bits per heavy atom. The third kappa shape index (κ3) is 3.79. The predicted octanol–water partition coefficient (Wildman–Crippen LogP) is 3.40. The van der Waals surface area contributed by atoms with Gasteiger partial charge in [-0.25, -0.2) is 4.98 Å². The van der Waals surface area contributed by atoms with Gasteiger partial charge in [0.15, 0.2) is 0 Å². The molecule has 3 heterocycles. The quantitative estimate of drug-likeness (QED) is 0.564. The Kier molecular flexibility index (Phi) is 4.52. The molecule has 4 aromatic rings. The fourth-order valence-electron chi connectivity index (χ4n) is 2.64. The number of rotatable bonds is 6. The fourth-order valence-corrected chi connectivity index (χ4v) is 2.64. The van der Waals surface area contributed by atoms with Crippen LogP contribution in [-0.4, -0.2) is 25.7 Å². The van der Waals surface area contributed by atoms with Crippen molar-refractivity contribution >= 4 is 11.6 Å². The van der Waals surface area contributed by atoms with Gasteiger partial charge in [-0.15, -0.1) is 10.2 Å². The summed E-state index contributed by atoms with van der Waals surface area (Å²) in [7, 11) is 0. The molecule has 27 heavy (non-hydrogen) atoms. The molecular formula is C19H17N5O3. The summed E-state index contributed by atoms with van der Waals surface area (Å²) in [6.07, 6.45) is 7.47. The lowest BCUT2D eigenvalue weighted by atomic mass is 10.2. The Balaban J connectivity index is 1.32. The van der Waals surface area contributed by atoms with E-state index in [2.05, 4.69) is 20.5 Å². The number of amides is 1. The number of aryl methyl sites for hydroxylation is 2. The van der Waals surface area contributed by atoms with Crippen LogP contribution in [0, 0.1) is 6.92 Å². The summed E-state index contributed by atoms with van der Waals surface area (Å²) >= 11 is 0.